The van der Waals surface area contributed by atoms with Gasteiger partial charge in [-0.1, -0.05) is 48.5 Å². The summed E-state index contributed by atoms with van der Waals surface area (Å²) in [5.74, 6) is -2.18. The average Bonchev–Trinajstić information content (AvgIpc) is 2.88. The van der Waals surface area contributed by atoms with Gasteiger partial charge in [0.25, 0.3) is 11.8 Å². The van der Waals surface area contributed by atoms with Crippen molar-refractivity contribution in [2.75, 3.05) is 6.54 Å². The number of pyridine rings is 1. The molecule has 4 aromatic rings. The fraction of sp³-hybridized carbons (Fsp3) is 0.207. The fourth-order valence-electron chi connectivity index (χ4n) is 4.93. The van der Waals surface area contributed by atoms with Crippen molar-refractivity contribution in [3.63, 3.8) is 0 Å². The van der Waals surface area contributed by atoms with Gasteiger partial charge in [-0.05, 0) is 49.1 Å². The van der Waals surface area contributed by atoms with E-state index in [-0.39, 0.29) is 23.6 Å². The first kappa shape index (κ1) is 23.6. The number of nitrogens with zero attached hydrogens (tertiary/aromatic N) is 2. The molecular weight excluding hydrogens is 460 g/mol. The van der Waals surface area contributed by atoms with Crippen LogP contribution in [0.4, 0.5) is 8.78 Å². The summed E-state index contributed by atoms with van der Waals surface area (Å²) in [6.45, 7) is 0.358. The van der Waals surface area contributed by atoms with Crippen molar-refractivity contribution < 1.29 is 18.4 Å². The Morgan fingerprint density at radius 1 is 0.944 bits per heavy atom. The maximum atomic E-state index is 13.8. The minimum Gasteiger partial charge on any atom is -0.349 e. The van der Waals surface area contributed by atoms with Gasteiger partial charge in [0.05, 0.1) is 11.1 Å². The second-order valence-corrected chi connectivity index (χ2v) is 9.07. The first-order chi connectivity index (χ1) is 17.5. The molecule has 5 nitrogen and oxygen atoms in total. The van der Waals surface area contributed by atoms with Gasteiger partial charge in [-0.15, -0.1) is 0 Å². The number of hydrogen-bond acceptors (Lipinski definition) is 3. The molecule has 1 N–H and O–H groups in total. The van der Waals surface area contributed by atoms with E-state index in [9.17, 15) is 18.4 Å². The normalized spacial score (nSPS) is 17.7. The Kier molecular flexibility index (Phi) is 6.71. The monoisotopic (exact) mass is 485 g/mol. The van der Waals surface area contributed by atoms with E-state index in [2.05, 4.69) is 10.3 Å². The van der Waals surface area contributed by atoms with Crippen LogP contribution in [-0.2, 0) is 6.42 Å². The van der Waals surface area contributed by atoms with Gasteiger partial charge in [-0.3, -0.25) is 14.6 Å². The van der Waals surface area contributed by atoms with E-state index in [4.69, 9.17) is 0 Å². The molecule has 7 heteroatoms. The summed E-state index contributed by atoms with van der Waals surface area (Å²) in [7, 11) is 0. The van der Waals surface area contributed by atoms with Crippen LogP contribution in [0, 0.1) is 11.6 Å². The lowest BCUT2D eigenvalue weighted by Gasteiger charge is -2.40. The van der Waals surface area contributed by atoms with Gasteiger partial charge in [0.15, 0.2) is 0 Å². The number of hydrogen-bond donors (Lipinski definition) is 1. The summed E-state index contributed by atoms with van der Waals surface area (Å²) < 4.78 is 27.6. The van der Waals surface area contributed by atoms with E-state index < -0.39 is 17.5 Å². The van der Waals surface area contributed by atoms with Gasteiger partial charge >= 0.3 is 0 Å². The second-order valence-electron chi connectivity index (χ2n) is 9.07. The molecule has 2 amide bonds. The van der Waals surface area contributed by atoms with Crippen molar-refractivity contribution in [3.05, 3.63) is 113 Å². The van der Waals surface area contributed by atoms with Crippen LogP contribution in [-0.4, -0.2) is 40.3 Å². The predicted molar refractivity (Wildman–Crippen MR) is 134 cm³/mol. The summed E-state index contributed by atoms with van der Waals surface area (Å²) in [6, 6.07) is 21.4. The van der Waals surface area contributed by atoms with Crippen molar-refractivity contribution in [3.8, 4) is 0 Å². The molecule has 182 valence electrons. The van der Waals surface area contributed by atoms with Crippen molar-refractivity contribution in [1.29, 1.82) is 0 Å². The molecular formula is C29H25F2N3O2. The van der Waals surface area contributed by atoms with Crippen LogP contribution in [0.1, 0.15) is 39.1 Å². The Labute approximate surface area is 207 Å². The highest BCUT2D eigenvalue weighted by Crippen LogP contribution is 2.25. The third-order valence-electron chi connectivity index (χ3n) is 6.63. The molecule has 3 aromatic carbocycles. The zero-order valence-corrected chi connectivity index (χ0v) is 19.5. The molecule has 0 saturated carbocycles. The van der Waals surface area contributed by atoms with Crippen LogP contribution in [0.2, 0.25) is 0 Å². The van der Waals surface area contributed by atoms with Crippen LogP contribution < -0.4 is 5.32 Å². The number of aromatic nitrogens is 1. The van der Waals surface area contributed by atoms with Crippen molar-refractivity contribution in [2.24, 2.45) is 0 Å². The van der Waals surface area contributed by atoms with Gasteiger partial charge in [0, 0.05) is 41.8 Å². The van der Waals surface area contributed by atoms with E-state index in [0.717, 1.165) is 34.7 Å². The number of piperidine rings is 1. The number of rotatable bonds is 5. The average molecular weight is 486 g/mol. The van der Waals surface area contributed by atoms with E-state index in [1.54, 1.807) is 17.2 Å². The number of amides is 2. The molecule has 1 fully saturated rings. The molecule has 1 unspecified atom stereocenters. The summed E-state index contributed by atoms with van der Waals surface area (Å²) in [5.41, 5.74) is 2.32. The molecule has 36 heavy (non-hydrogen) atoms. The van der Waals surface area contributed by atoms with E-state index in [1.807, 2.05) is 54.6 Å². The maximum Gasteiger partial charge on any atom is 0.254 e. The Bertz CT molecular complexity index is 1380. The highest BCUT2D eigenvalue weighted by atomic mass is 19.1. The van der Waals surface area contributed by atoms with Gasteiger partial charge in [-0.25, -0.2) is 8.78 Å². The number of fused-ring (bicyclic) bond motifs is 1. The number of halogens is 2. The summed E-state index contributed by atoms with van der Waals surface area (Å²) in [4.78, 5) is 32.5. The number of likely N-dealkylation sites (tertiary alicyclic amines) is 1. The van der Waals surface area contributed by atoms with Crippen LogP contribution in [0.5, 0.6) is 0 Å². The Morgan fingerprint density at radius 2 is 1.67 bits per heavy atom. The van der Waals surface area contributed by atoms with Gasteiger partial charge in [-0.2, -0.15) is 0 Å². The zero-order valence-electron chi connectivity index (χ0n) is 19.5. The number of para-hydroxylation sites is 1. The standard InChI is InChI=1S/C29H25F2N3O2/c30-21-15-20(16-22(31)17-21)29(36)34-13-11-23(18-24(34)14-19-6-2-1-3-7-19)33-28(35)26-10-12-32-27-9-5-4-8-25(26)27/h1-10,12,15-17,23-24H,11,13-14,18H2,(H,33,35)/t23?,24-/m1/s1. The largest absolute Gasteiger partial charge is 0.349 e. The molecule has 2 atom stereocenters. The molecule has 0 radical (unpaired) electrons. The van der Waals surface area contributed by atoms with Crippen molar-refractivity contribution in [1.82, 2.24) is 15.2 Å². The quantitative estimate of drug-likeness (QED) is 0.425. The van der Waals surface area contributed by atoms with Gasteiger partial charge < -0.3 is 10.2 Å². The molecule has 1 saturated heterocycles. The third-order valence-corrected chi connectivity index (χ3v) is 6.63. The minimum absolute atomic E-state index is 0.0173. The molecule has 0 spiro atoms. The van der Waals surface area contributed by atoms with E-state index in [0.29, 0.717) is 31.4 Å². The Morgan fingerprint density at radius 3 is 2.44 bits per heavy atom. The topological polar surface area (TPSA) is 62.3 Å². The molecule has 1 aliphatic rings. The van der Waals surface area contributed by atoms with Crippen LogP contribution >= 0.6 is 0 Å². The number of carbonyl (C=O) groups excluding carboxylic acids is 2. The number of nitrogens with one attached hydrogen (secondary N) is 1. The van der Waals surface area contributed by atoms with Crippen LogP contribution in [0.25, 0.3) is 10.9 Å². The maximum absolute atomic E-state index is 13.8. The molecule has 5 rings (SSSR count). The Balaban J connectivity index is 1.37. The highest BCUT2D eigenvalue weighted by molar-refractivity contribution is 6.06. The van der Waals surface area contributed by atoms with E-state index in [1.165, 1.54) is 0 Å². The molecule has 1 aromatic heterocycles. The smallest absolute Gasteiger partial charge is 0.254 e. The first-order valence-corrected chi connectivity index (χ1v) is 11.9. The summed E-state index contributed by atoms with van der Waals surface area (Å²) in [5, 5.41) is 3.91. The second kappa shape index (κ2) is 10.2. The zero-order chi connectivity index (χ0) is 25.1. The van der Waals surface area contributed by atoms with Crippen molar-refractivity contribution >= 4 is 22.7 Å². The molecule has 1 aliphatic heterocycles. The number of carbonyl (C=O) groups is 2. The van der Waals surface area contributed by atoms with Gasteiger partial charge in [0.1, 0.15) is 11.6 Å². The molecule has 0 bridgehead atoms. The molecule has 0 aliphatic carbocycles. The number of benzene rings is 3. The molecule has 2 heterocycles. The highest BCUT2D eigenvalue weighted by Gasteiger charge is 2.33. The summed E-state index contributed by atoms with van der Waals surface area (Å²) >= 11 is 0. The SMILES string of the molecule is O=C(NC1CCN(C(=O)c2cc(F)cc(F)c2)[C@H](Cc2ccccc2)C1)c1ccnc2ccccc12. The lowest BCUT2D eigenvalue weighted by Crippen LogP contribution is -2.52. The van der Waals surface area contributed by atoms with Crippen LogP contribution in [0.3, 0.4) is 0 Å². The van der Waals surface area contributed by atoms with Gasteiger partial charge in [0.2, 0.25) is 0 Å². The third kappa shape index (κ3) is 5.10. The van der Waals surface area contributed by atoms with Crippen molar-refractivity contribution in [2.45, 2.75) is 31.3 Å². The lowest BCUT2D eigenvalue weighted by atomic mass is 9.91. The lowest BCUT2D eigenvalue weighted by molar-refractivity contribution is 0.0570. The minimum atomic E-state index is -0.787. The fourth-order valence-corrected chi connectivity index (χ4v) is 4.93. The predicted octanol–water partition coefficient (Wildman–Crippen LogP) is 5.16. The van der Waals surface area contributed by atoms with Crippen LogP contribution in [0.15, 0.2) is 85.1 Å². The Hall–Kier alpha value is -4.13. The first-order valence-electron chi connectivity index (χ1n) is 11.9. The van der Waals surface area contributed by atoms with E-state index >= 15 is 0 Å². The summed E-state index contributed by atoms with van der Waals surface area (Å²) in [6.07, 6.45) is 3.24.